The van der Waals surface area contributed by atoms with E-state index in [1.54, 1.807) is 48.1 Å². The molecule has 0 aliphatic heterocycles. The number of carbonyl (C=O) groups excluding carboxylic acids is 1. The molecular weight excluding hydrogens is 364 g/mol. The third-order valence-corrected chi connectivity index (χ3v) is 4.30. The second-order valence-electron chi connectivity index (χ2n) is 5.22. The Kier molecular flexibility index (Phi) is 4.34. The predicted molar refractivity (Wildman–Crippen MR) is 97.2 cm³/mol. The normalized spacial score (nSPS) is 10.3. The molecule has 9 nitrogen and oxygen atoms in total. The highest BCUT2D eigenvalue weighted by Gasteiger charge is 2.18. The van der Waals surface area contributed by atoms with E-state index in [2.05, 4.69) is 36.7 Å². The Morgan fingerprint density at radius 1 is 1.19 bits per heavy atom. The Morgan fingerprint density at radius 2 is 2.07 bits per heavy atom. The topological polar surface area (TPSA) is 122 Å². The lowest BCUT2D eigenvalue weighted by Gasteiger charge is -2.04. The number of nitrogens with one attached hydrogen (secondary N) is 1. The smallest absolute Gasteiger partial charge is 0.277 e. The Labute approximate surface area is 157 Å². The van der Waals surface area contributed by atoms with Crippen LogP contribution in [-0.2, 0) is 0 Å². The van der Waals surface area contributed by atoms with Crippen LogP contribution in [0.25, 0.3) is 17.2 Å². The molecule has 1 N–H and O–H groups in total. The summed E-state index contributed by atoms with van der Waals surface area (Å²) in [6.07, 6.45) is 4.54. The average Bonchev–Trinajstić information content (AvgIpc) is 3.38. The highest BCUT2D eigenvalue weighted by Crippen LogP contribution is 2.26. The molecule has 0 unspecified atom stereocenters. The van der Waals surface area contributed by atoms with Crippen LogP contribution in [-0.4, -0.2) is 35.9 Å². The SMILES string of the molecule is N#Cc1cccnc1-c1csc(NC(=O)c2cnnn2-c2ccccn2)n1. The molecule has 0 saturated carbocycles. The number of amides is 1. The van der Waals surface area contributed by atoms with E-state index in [0.29, 0.717) is 27.9 Å². The lowest BCUT2D eigenvalue weighted by Crippen LogP contribution is -2.17. The molecule has 0 spiro atoms. The van der Waals surface area contributed by atoms with Gasteiger partial charge in [0.05, 0.1) is 11.8 Å². The first-order chi connectivity index (χ1) is 13.3. The van der Waals surface area contributed by atoms with Crippen molar-refractivity contribution < 1.29 is 4.79 Å². The van der Waals surface area contributed by atoms with Crippen LogP contribution in [0.5, 0.6) is 0 Å². The van der Waals surface area contributed by atoms with E-state index in [-0.39, 0.29) is 5.69 Å². The van der Waals surface area contributed by atoms with E-state index in [9.17, 15) is 10.1 Å². The summed E-state index contributed by atoms with van der Waals surface area (Å²) in [5.41, 5.74) is 1.62. The minimum absolute atomic E-state index is 0.223. The van der Waals surface area contributed by atoms with Gasteiger partial charge in [0.25, 0.3) is 5.91 Å². The molecule has 0 saturated heterocycles. The number of nitriles is 1. The van der Waals surface area contributed by atoms with E-state index in [0.717, 1.165) is 0 Å². The molecule has 4 aromatic rings. The molecule has 0 bridgehead atoms. The zero-order chi connectivity index (χ0) is 18.6. The summed E-state index contributed by atoms with van der Waals surface area (Å²) in [6, 6.07) is 10.7. The number of pyridine rings is 2. The molecule has 4 rings (SSSR count). The van der Waals surface area contributed by atoms with Gasteiger partial charge in [0.1, 0.15) is 17.5 Å². The number of thiazole rings is 1. The third kappa shape index (κ3) is 3.26. The van der Waals surface area contributed by atoms with Crippen molar-refractivity contribution in [1.29, 1.82) is 5.26 Å². The molecule has 4 aromatic heterocycles. The first-order valence-corrected chi connectivity index (χ1v) is 8.58. The number of hydrogen-bond donors (Lipinski definition) is 1. The Balaban J connectivity index is 1.58. The van der Waals surface area contributed by atoms with E-state index in [4.69, 9.17) is 0 Å². The van der Waals surface area contributed by atoms with Crippen LogP contribution in [0.2, 0.25) is 0 Å². The van der Waals surface area contributed by atoms with E-state index < -0.39 is 5.91 Å². The molecule has 4 heterocycles. The van der Waals surface area contributed by atoms with Gasteiger partial charge >= 0.3 is 0 Å². The molecule has 0 aromatic carbocycles. The van der Waals surface area contributed by atoms with Gasteiger partial charge in [-0.2, -0.15) is 9.94 Å². The number of rotatable bonds is 4. The maximum absolute atomic E-state index is 12.6. The predicted octanol–water partition coefficient (Wildman–Crippen LogP) is 2.30. The first kappa shape index (κ1) is 16.5. The van der Waals surface area contributed by atoms with Gasteiger partial charge < -0.3 is 0 Å². The van der Waals surface area contributed by atoms with Crippen LogP contribution >= 0.6 is 11.3 Å². The van der Waals surface area contributed by atoms with Crippen LogP contribution in [0.3, 0.4) is 0 Å². The fourth-order valence-electron chi connectivity index (χ4n) is 2.34. The molecule has 0 aliphatic rings. The minimum Gasteiger partial charge on any atom is -0.296 e. The highest BCUT2D eigenvalue weighted by molar-refractivity contribution is 7.14. The van der Waals surface area contributed by atoms with Crippen molar-refractivity contribution in [2.75, 3.05) is 5.32 Å². The summed E-state index contributed by atoms with van der Waals surface area (Å²) in [6.45, 7) is 0. The van der Waals surface area contributed by atoms with Crippen molar-refractivity contribution in [3.8, 4) is 23.3 Å². The van der Waals surface area contributed by atoms with Crippen LogP contribution in [0.15, 0.2) is 54.3 Å². The molecule has 130 valence electrons. The number of hydrogen-bond acceptors (Lipinski definition) is 8. The van der Waals surface area contributed by atoms with Gasteiger partial charge in [0, 0.05) is 17.8 Å². The van der Waals surface area contributed by atoms with E-state index in [1.807, 2.05) is 0 Å². The summed E-state index contributed by atoms with van der Waals surface area (Å²) in [4.78, 5) is 25.3. The lowest BCUT2D eigenvalue weighted by molar-refractivity contribution is 0.101. The fraction of sp³-hybridized carbons (Fsp3) is 0. The molecule has 0 aliphatic carbocycles. The molecule has 0 atom stereocenters. The van der Waals surface area contributed by atoms with Gasteiger partial charge in [0.15, 0.2) is 16.6 Å². The van der Waals surface area contributed by atoms with Crippen molar-refractivity contribution in [3.05, 3.63) is 65.6 Å². The summed E-state index contributed by atoms with van der Waals surface area (Å²) in [7, 11) is 0. The summed E-state index contributed by atoms with van der Waals surface area (Å²) >= 11 is 1.23. The van der Waals surface area contributed by atoms with Gasteiger partial charge in [-0.3, -0.25) is 15.1 Å². The van der Waals surface area contributed by atoms with Crippen molar-refractivity contribution in [3.63, 3.8) is 0 Å². The minimum atomic E-state index is -0.423. The van der Waals surface area contributed by atoms with Crippen LogP contribution < -0.4 is 5.32 Å². The molecule has 1 amide bonds. The van der Waals surface area contributed by atoms with Crippen LogP contribution in [0.1, 0.15) is 16.1 Å². The molecule has 10 heteroatoms. The van der Waals surface area contributed by atoms with Gasteiger partial charge in [-0.05, 0) is 24.3 Å². The summed E-state index contributed by atoms with van der Waals surface area (Å²) < 4.78 is 1.34. The van der Waals surface area contributed by atoms with Crippen molar-refractivity contribution in [1.82, 2.24) is 29.9 Å². The third-order valence-electron chi connectivity index (χ3n) is 3.54. The largest absolute Gasteiger partial charge is 0.296 e. The maximum atomic E-state index is 12.6. The standard InChI is InChI=1S/C17H10N8OS/c18-8-11-4-3-7-20-15(11)12-10-27-17(22-12)23-16(26)13-9-21-24-25(13)14-5-1-2-6-19-14/h1-7,9-10H,(H,22,23,26). The zero-order valence-electron chi connectivity index (χ0n) is 13.6. The van der Waals surface area contributed by atoms with Crippen LogP contribution in [0.4, 0.5) is 5.13 Å². The van der Waals surface area contributed by atoms with Gasteiger partial charge in [0.2, 0.25) is 0 Å². The Morgan fingerprint density at radius 3 is 2.89 bits per heavy atom. The van der Waals surface area contributed by atoms with Gasteiger partial charge in [-0.15, -0.1) is 16.4 Å². The average molecular weight is 374 g/mol. The number of carbonyl (C=O) groups is 1. The van der Waals surface area contributed by atoms with Crippen LogP contribution in [0, 0.1) is 11.3 Å². The van der Waals surface area contributed by atoms with E-state index in [1.165, 1.54) is 22.2 Å². The molecule has 0 fully saturated rings. The molecule has 0 radical (unpaired) electrons. The molecule has 27 heavy (non-hydrogen) atoms. The number of nitrogens with zero attached hydrogens (tertiary/aromatic N) is 7. The Bertz CT molecular complexity index is 1140. The van der Waals surface area contributed by atoms with E-state index >= 15 is 0 Å². The van der Waals surface area contributed by atoms with Gasteiger partial charge in [-0.25, -0.2) is 9.97 Å². The number of aromatic nitrogens is 6. The first-order valence-electron chi connectivity index (χ1n) is 7.71. The summed E-state index contributed by atoms with van der Waals surface area (Å²) in [5, 5.41) is 21.7. The second-order valence-corrected chi connectivity index (χ2v) is 6.08. The quantitative estimate of drug-likeness (QED) is 0.581. The zero-order valence-corrected chi connectivity index (χ0v) is 14.5. The van der Waals surface area contributed by atoms with Crippen molar-refractivity contribution in [2.24, 2.45) is 0 Å². The molecular formula is C17H10N8OS. The fourth-order valence-corrected chi connectivity index (χ4v) is 3.03. The van der Waals surface area contributed by atoms with Crippen molar-refractivity contribution in [2.45, 2.75) is 0 Å². The van der Waals surface area contributed by atoms with Gasteiger partial charge in [-0.1, -0.05) is 11.3 Å². The Hall–Kier alpha value is -3.97. The summed E-state index contributed by atoms with van der Waals surface area (Å²) in [5.74, 6) is 0.0557. The number of anilines is 1. The lowest BCUT2D eigenvalue weighted by atomic mass is 10.2. The monoisotopic (exact) mass is 374 g/mol. The highest BCUT2D eigenvalue weighted by atomic mass is 32.1. The van der Waals surface area contributed by atoms with Crippen molar-refractivity contribution >= 4 is 22.4 Å². The second kappa shape index (κ2) is 7.11. The maximum Gasteiger partial charge on any atom is 0.277 e.